The van der Waals surface area contributed by atoms with Crippen molar-refractivity contribution in [1.29, 1.82) is 0 Å². The van der Waals surface area contributed by atoms with Crippen LogP contribution in [-0.2, 0) is 10.3 Å². The van der Waals surface area contributed by atoms with E-state index in [1.54, 1.807) is 5.32 Å². The maximum Gasteiger partial charge on any atom is 0.335 e. The first-order valence-corrected chi connectivity index (χ1v) is 5.13. The molecule has 0 spiro atoms. The van der Waals surface area contributed by atoms with E-state index < -0.39 is 29.9 Å². The number of nitrogens with one attached hydrogen (secondary N) is 2. The zero-order valence-electron chi connectivity index (χ0n) is 9.31. The highest BCUT2D eigenvalue weighted by Gasteiger charge is 2.55. The molecule has 1 aromatic rings. The van der Waals surface area contributed by atoms with Crippen LogP contribution in [0.1, 0.15) is 15.9 Å². The van der Waals surface area contributed by atoms with Gasteiger partial charge in [0.25, 0.3) is 12.3 Å². The number of carbonyl (C=O) groups is 3. The van der Waals surface area contributed by atoms with Crippen LogP contribution in [-0.4, -0.2) is 29.4 Å². The van der Waals surface area contributed by atoms with E-state index in [-0.39, 0.29) is 11.1 Å². The van der Waals surface area contributed by atoms with Gasteiger partial charge in [-0.25, -0.2) is 18.4 Å². The minimum atomic E-state index is -3.17. The van der Waals surface area contributed by atoms with Crippen LogP contribution in [0.3, 0.4) is 0 Å². The number of benzene rings is 1. The van der Waals surface area contributed by atoms with Gasteiger partial charge in [-0.05, 0) is 17.7 Å². The van der Waals surface area contributed by atoms with Gasteiger partial charge in [-0.1, -0.05) is 12.1 Å². The van der Waals surface area contributed by atoms with Gasteiger partial charge in [0, 0.05) is 0 Å². The summed E-state index contributed by atoms with van der Waals surface area (Å²) in [6, 6.07) is 3.29. The molecule has 1 atom stereocenters. The van der Waals surface area contributed by atoms with Crippen molar-refractivity contribution < 1.29 is 28.3 Å². The molecular formula is C11H8F2N2O4. The summed E-state index contributed by atoms with van der Waals surface area (Å²) in [6.45, 7) is 0. The average Bonchev–Trinajstić information content (AvgIpc) is 2.65. The van der Waals surface area contributed by atoms with E-state index in [1.165, 1.54) is 0 Å². The van der Waals surface area contributed by atoms with E-state index in [1.807, 2.05) is 5.32 Å². The lowest BCUT2D eigenvalue weighted by Gasteiger charge is -2.25. The molecule has 6 nitrogen and oxygen atoms in total. The first kappa shape index (κ1) is 12.9. The van der Waals surface area contributed by atoms with Gasteiger partial charge in [-0.2, -0.15) is 0 Å². The van der Waals surface area contributed by atoms with Crippen molar-refractivity contribution >= 4 is 17.9 Å². The van der Waals surface area contributed by atoms with Gasteiger partial charge in [0.15, 0.2) is 0 Å². The van der Waals surface area contributed by atoms with Crippen LogP contribution in [0.25, 0.3) is 0 Å². The Morgan fingerprint density at radius 1 is 1.21 bits per heavy atom. The molecular weight excluding hydrogens is 262 g/mol. The van der Waals surface area contributed by atoms with Crippen LogP contribution < -0.4 is 10.6 Å². The van der Waals surface area contributed by atoms with Gasteiger partial charge in [0.1, 0.15) is 0 Å². The SMILES string of the molecule is O=C1NC(=O)C(c2ccc(C(=O)O)cc2)(C(F)F)N1. The van der Waals surface area contributed by atoms with E-state index in [9.17, 15) is 23.2 Å². The topological polar surface area (TPSA) is 95.5 Å². The largest absolute Gasteiger partial charge is 0.478 e. The predicted octanol–water partition coefficient (Wildman–Crippen LogP) is 0.685. The van der Waals surface area contributed by atoms with Crippen molar-refractivity contribution in [2.45, 2.75) is 12.0 Å². The Labute approximate surface area is 105 Å². The molecule has 19 heavy (non-hydrogen) atoms. The number of rotatable bonds is 3. The Balaban J connectivity index is 2.49. The van der Waals surface area contributed by atoms with E-state index in [2.05, 4.69) is 0 Å². The number of aromatic carboxylic acids is 1. The van der Waals surface area contributed by atoms with Gasteiger partial charge >= 0.3 is 12.0 Å². The van der Waals surface area contributed by atoms with Gasteiger partial charge in [0.05, 0.1) is 5.56 Å². The Kier molecular flexibility index (Phi) is 2.93. The summed E-state index contributed by atoms with van der Waals surface area (Å²) in [5.74, 6) is -2.40. The predicted molar refractivity (Wildman–Crippen MR) is 57.8 cm³/mol. The van der Waals surface area contributed by atoms with Crippen molar-refractivity contribution in [3.63, 3.8) is 0 Å². The molecule has 0 aliphatic carbocycles. The summed E-state index contributed by atoms with van der Waals surface area (Å²) in [5.41, 5.74) is -2.78. The highest BCUT2D eigenvalue weighted by Crippen LogP contribution is 2.31. The van der Waals surface area contributed by atoms with Crippen molar-refractivity contribution in [2.75, 3.05) is 0 Å². The van der Waals surface area contributed by atoms with Crippen molar-refractivity contribution in [3.05, 3.63) is 35.4 Å². The molecule has 3 amide bonds. The molecule has 0 bridgehead atoms. The molecule has 0 radical (unpaired) electrons. The summed E-state index contributed by atoms with van der Waals surface area (Å²) in [4.78, 5) is 33.3. The van der Waals surface area contributed by atoms with Crippen LogP contribution in [0.2, 0.25) is 0 Å². The number of carbonyl (C=O) groups excluding carboxylic acids is 2. The number of urea groups is 1. The lowest BCUT2D eigenvalue weighted by atomic mass is 9.90. The molecule has 1 saturated heterocycles. The maximum atomic E-state index is 13.2. The van der Waals surface area contributed by atoms with Crippen LogP contribution >= 0.6 is 0 Å². The number of hydrogen-bond donors (Lipinski definition) is 3. The number of halogens is 2. The Bertz CT molecular complexity index is 558. The first-order valence-electron chi connectivity index (χ1n) is 5.13. The number of carboxylic acid groups (broad SMARTS) is 1. The molecule has 8 heteroatoms. The number of imide groups is 1. The van der Waals surface area contributed by atoms with E-state index in [4.69, 9.17) is 5.11 Å². The van der Waals surface area contributed by atoms with E-state index >= 15 is 0 Å². The lowest BCUT2D eigenvalue weighted by molar-refractivity contribution is -0.130. The average molecular weight is 270 g/mol. The number of amides is 3. The molecule has 2 rings (SSSR count). The molecule has 1 aromatic carbocycles. The second-order valence-corrected chi connectivity index (χ2v) is 3.90. The van der Waals surface area contributed by atoms with Gasteiger partial charge in [0.2, 0.25) is 5.54 Å². The summed E-state index contributed by atoms with van der Waals surface area (Å²) < 4.78 is 26.3. The maximum absolute atomic E-state index is 13.2. The van der Waals surface area contributed by atoms with E-state index in [0.29, 0.717) is 0 Å². The fraction of sp³-hybridized carbons (Fsp3) is 0.182. The normalized spacial score (nSPS) is 22.3. The Morgan fingerprint density at radius 3 is 2.16 bits per heavy atom. The van der Waals surface area contributed by atoms with Crippen molar-refractivity contribution in [2.24, 2.45) is 0 Å². The minimum Gasteiger partial charge on any atom is -0.478 e. The molecule has 1 aliphatic heterocycles. The molecule has 0 aromatic heterocycles. The quantitative estimate of drug-likeness (QED) is 0.704. The van der Waals surface area contributed by atoms with Crippen molar-refractivity contribution in [1.82, 2.24) is 10.6 Å². The van der Waals surface area contributed by atoms with Crippen LogP contribution in [0.15, 0.2) is 24.3 Å². The molecule has 0 saturated carbocycles. The lowest BCUT2D eigenvalue weighted by Crippen LogP contribution is -2.50. The monoisotopic (exact) mass is 270 g/mol. The fourth-order valence-corrected chi connectivity index (χ4v) is 1.83. The van der Waals surface area contributed by atoms with Crippen molar-refractivity contribution in [3.8, 4) is 0 Å². The minimum absolute atomic E-state index is 0.113. The van der Waals surface area contributed by atoms with Crippen LogP contribution in [0.5, 0.6) is 0 Å². The number of alkyl halides is 2. The van der Waals surface area contributed by atoms with E-state index in [0.717, 1.165) is 24.3 Å². The van der Waals surface area contributed by atoms with Crippen LogP contribution in [0.4, 0.5) is 13.6 Å². The molecule has 1 fully saturated rings. The zero-order chi connectivity index (χ0) is 14.2. The molecule has 3 N–H and O–H groups in total. The summed E-state index contributed by atoms with van der Waals surface area (Å²) in [5, 5.41) is 12.3. The second-order valence-electron chi connectivity index (χ2n) is 3.90. The summed E-state index contributed by atoms with van der Waals surface area (Å²) in [7, 11) is 0. The molecule has 1 aliphatic rings. The summed E-state index contributed by atoms with van der Waals surface area (Å²) >= 11 is 0. The Hall–Kier alpha value is -2.51. The Morgan fingerprint density at radius 2 is 1.79 bits per heavy atom. The van der Waals surface area contributed by atoms with Gasteiger partial charge < -0.3 is 10.4 Å². The third-order valence-electron chi connectivity index (χ3n) is 2.81. The zero-order valence-corrected chi connectivity index (χ0v) is 9.31. The van der Waals surface area contributed by atoms with Crippen LogP contribution in [0, 0.1) is 0 Å². The first-order chi connectivity index (χ1) is 8.87. The second kappa shape index (κ2) is 4.30. The van der Waals surface area contributed by atoms with Gasteiger partial charge in [-0.15, -0.1) is 0 Å². The summed E-state index contributed by atoms with van der Waals surface area (Å²) in [6.07, 6.45) is -3.17. The van der Waals surface area contributed by atoms with Gasteiger partial charge in [-0.3, -0.25) is 10.1 Å². The smallest absolute Gasteiger partial charge is 0.335 e. The highest BCUT2D eigenvalue weighted by atomic mass is 19.3. The fourth-order valence-electron chi connectivity index (χ4n) is 1.83. The molecule has 1 heterocycles. The number of hydrogen-bond acceptors (Lipinski definition) is 3. The molecule has 1 unspecified atom stereocenters. The third kappa shape index (κ3) is 1.90. The molecule has 100 valence electrons. The highest BCUT2D eigenvalue weighted by molar-refractivity contribution is 6.07. The number of carboxylic acids is 1. The standard InChI is InChI=1S/C11H8F2N2O4/c12-8(13)11(9(18)14-10(19)15-11)6-3-1-5(2-4-6)7(16)17/h1-4,8H,(H,16,17)(H2,14,15,18,19). The third-order valence-corrected chi connectivity index (χ3v) is 2.81.